The molecule has 9 heteroatoms. The minimum atomic E-state index is -3.84. The number of aryl methyl sites for hydroxylation is 1. The number of hydrogen-bond acceptors (Lipinski definition) is 6. The monoisotopic (exact) mass is 378 g/mol. The van der Waals surface area contributed by atoms with Crippen molar-refractivity contribution in [3.05, 3.63) is 46.7 Å². The van der Waals surface area contributed by atoms with E-state index in [2.05, 4.69) is 15.3 Å². The maximum Gasteiger partial charge on any atom is 0.239 e. The minimum Gasteiger partial charge on any atom is -0.302 e. The van der Waals surface area contributed by atoms with E-state index in [1.54, 1.807) is 6.20 Å². The van der Waals surface area contributed by atoms with Gasteiger partial charge in [-0.05, 0) is 31.6 Å². The molecule has 0 aliphatic carbocycles. The highest BCUT2D eigenvalue weighted by atomic mass is 32.2. The summed E-state index contributed by atoms with van der Waals surface area (Å²) in [7, 11) is -3.84. The molecular weight excluding hydrogens is 360 g/mol. The van der Waals surface area contributed by atoms with Crippen LogP contribution in [-0.4, -0.2) is 24.3 Å². The Kier molecular flexibility index (Phi) is 5.83. The number of hydrogen-bond donors (Lipinski definition) is 2. The van der Waals surface area contributed by atoms with E-state index in [1.807, 2.05) is 32.1 Å². The third kappa shape index (κ3) is 5.05. The van der Waals surface area contributed by atoms with E-state index in [4.69, 9.17) is 5.14 Å². The van der Waals surface area contributed by atoms with E-state index in [0.717, 1.165) is 16.1 Å². The van der Waals surface area contributed by atoms with Crippen LogP contribution in [0.5, 0.6) is 0 Å². The van der Waals surface area contributed by atoms with Crippen molar-refractivity contribution in [1.29, 1.82) is 0 Å². The number of aromatic nitrogens is 2. The van der Waals surface area contributed by atoms with E-state index < -0.39 is 10.0 Å². The summed E-state index contributed by atoms with van der Waals surface area (Å²) in [6.45, 7) is 5.11. The molecule has 0 radical (unpaired) electrons. The molecule has 0 saturated heterocycles. The summed E-state index contributed by atoms with van der Waals surface area (Å²) < 4.78 is 23.1. The second kappa shape index (κ2) is 7.68. The zero-order valence-corrected chi connectivity index (χ0v) is 15.6. The molecule has 0 saturated carbocycles. The van der Waals surface area contributed by atoms with E-state index >= 15 is 0 Å². The number of rotatable bonds is 5. The van der Waals surface area contributed by atoms with Crippen molar-refractivity contribution < 1.29 is 13.2 Å². The van der Waals surface area contributed by atoms with Gasteiger partial charge in [-0.15, -0.1) is 0 Å². The third-order valence-electron chi connectivity index (χ3n) is 3.12. The lowest BCUT2D eigenvalue weighted by Crippen LogP contribution is -2.12. The van der Waals surface area contributed by atoms with Gasteiger partial charge in [0.25, 0.3) is 0 Å². The highest BCUT2D eigenvalue weighted by Crippen LogP contribution is 2.28. The van der Waals surface area contributed by atoms with Crippen LogP contribution >= 0.6 is 11.3 Å². The molecule has 0 spiro atoms. The Labute approximate surface area is 150 Å². The predicted molar refractivity (Wildman–Crippen MR) is 99.4 cm³/mol. The summed E-state index contributed by atoms with van der Waals surface area (Å²) in [4.78, 5) is 20.2. The Bertz CT molecular complexity index is 960. The quantitative estimate of drug-likeness (QED) is 0.776. The van der Waals surface area contributed by atoms with Crippen molar-refractivity contribution in [2.75, 3.05) is 5.32 Å². The van der Waals surface area contributed by atoms with Gasteiger partial charge in [-0.1, -0.05) is 23.5 Å². The highest BCUT2D eigenvalue weighted by Gasteiger charge is 2.12. The van der Waals surface area contributed by atoms with Crippen molar-refractivity contribution in [1.82, 2.24) is 9.97 Å². The molecule has 0 unspecified atom stereocenters. The van der Waals surface area contributed by atoms with Gasteiger partial charge >= 0.3 is 0 Å². The number of nitrogens with two attached hydrogens (primary N) is 1. The standard InChI is InChI=1S/C16H18N4O3S2/c1-4-5-12(13-6-14(9-18-8-13)25(17,22)23)7-15-10(2)19-16(24-15)20-11(3)21/h4-9H,1-3H3,(H2,17,22,23)(H,19,20,21)/b5-4-,12-7+. The average Bonchev–Trinajstić information content (AvgIpc) is 2.85. The molecule has 132 valence electrons. The fourth-order valence-corrected chi connectivity index (χ4v) is 3.49. The van der Waals surface area contributed by atoms with Crippen molar-refractivity contribution >= 4 is 44.0 Å². The van der Waals surface area contributed by atoms with Gasteiger partial charge in [0.15, 0.2) is 5.13 Å². The van der Waals surface area contributed by atoms with Gasteiger partial charge < -0.3 is 5.32 Å². The number of nitrogens with one attached hydrogen (secondary N) is 1. The molecular formula is C16H18N4O3S2. The molecule has 2 rings (SSSR count). The molecule has 7 nitrogen and oxygen atoms in total. The predicted octanol–water partition coefficient (Wildman–Crippen LogP) is 2.57. The normalized spacial score (nSPS) is 12.6. The van der Waals surface area contributed by atoms with Crippen LogP contribution < -0.4 is 10.5 Å². The molecule has 25 heavy (non-hydrogen) atoms. The maximum atomic E-state index is 11.5. The summed E-state index contributed by atoms with van der Waals surface area (Å²) in [5, 5.41) is 8.33. The first-order valence-corrected chi connectivity index (χ1v) is 9.64. The Morgan fingerprint density at radius 2 is 2.08 bits per heavy atom. The summed E-state index contributed by atoms with van der Waals surface area (Å²) >= 11 is 1.33. The van der Waals surface area contributed by atoms with Gasteiger partial charge in [0.1, 0.15) is 4.90 Å². The molecule has 2 heterocycles. The zero-order valence-electron chi connectivity index (χ0n) is 14.0. The van der Waals surface area contributed by atoms with Gasteiger partial charge in [-0.2, -0.15) is 0 Å². The largest absolute Gasteiger partial charge is 0.302 e. The molecule has 0 aromatic carbocycles. The van der Waals surface area contributed by atoms with Crippen molar-refractivity contribution in [2.45, 2.75) is 25.7 Å². The fraction of sp³-hybridized carbons (Fsp3) is 0.188. The van der Waals surface area contributed by atoms with Gasteiger partial charge in [0.05, 0.1) is 10.6 Å². The second-order valence-corrected chi connectivity index (χ2v) is 7.80. The van der Waals surface area contributed by atoms with Gasteiger partial charge in [-0.3, -0.25) is 9.78 Å². The minimum absolute atomic E-state index is 0.0552. The third-order valence-corrected chi connectivity index (χ3v) is 5.02. The van der Waals surface area contributed by atoms with Crippen molar-refractivity contribution in [2.24, 2.45) is 5.14 Å². The molecule has 0 aliphatic rings. The number of thiazole rings is 1. The Morgan fingerprint density at radius 3 is 2.68 bits per heavy atom. The number of sulfonamides is 1. The lowest BCUT2D eigenvalue weighted by molar-refractivity contribution is -0.114. The molecule has 1 amide bonds. The topological polar surface area (TPSA) is 115 Å². The van der Waals surface area contributed by atoms with Crippen molar-refractivity contribution in [3.8, 4) is 0 Å². The summed E-state index contributed by atoms with van der Waals surface area (Å²) in [6.07, 6.45) is 8.30. The first-order chi connectivity index (χ1) is 11.7. The van der Waals surface area contributed by atoms with Crippen LogP contribution in [0.15, 0.2) is 35.5 Å². The van der Waals surface area contributed by atoms with Crippen LogP contribution in [-0.2, 0) is 14.8 Å². The molecule has 2 aromatic heterocycles. The molecule has 0 atom stereocenters. The van der Waals surface area contributed by atoms with E-state index in [0.29, 0.717) is 10.7 Å². The van der Waals surface area contributed by atoms with E-state index in [1.165, 1.54) is 30.5 Å². The molecule has 0 bridgehead atoms. The number of pyridine rings is 1. The van der Waals surface area contributed by atoms with Crippen molar-refractivity contribution in [3.63, 3.8) is 0 Å². The van der Waals surface area contributed by atoms with Crippen LogP contribution in [0.1, 0.15) is 30.0 Å². The molecule has 2 aromatic rings. The van der Waals surface area contributed by atoms with Crippen LogP contribution in [0.2, 0.25) is 0 Å². The number of amides is 1. The van der Waals surface area contributed by atoms with Gasteiger partial charge in [-0.25, -0.2) is 18.5 Å². The summed E-state index contributed by atoms with van der Waals surface area (Å²) in [5.74, 6) is -0.192. The smallest absolute Gasteiger partial charge is 0.239 e. The average molecular weight is 378 g/mol. The highest BCUT2D eigenvalue weighted by molar-refractivity contribution is 7.89. The number of anilines is 1. The Balaban J connectivity index is 2.50. The maximum absolute atomic E-state index is 11.5. The van der Waals surface area contributed by atoms with Gasteiger partial charge in [0, 0.05) is 24.9 Å². The molecule has 0 aliphatic heterocycles. The zero-order chi connectivity index (χ0) is 18.6. The Morgan fingerprint density at radius 1 is 1.36 bits per heavy atom. The summed E-state index contributed by atoms with van der Waals surface area (Å²) in [5.41, 5.74) is 2.12. The first-order valence-electron chi connectivity index (χ1n) is 7.28. The van der Waals surface area contributed by atoms with Gasteiger partial charge in [0.2, 0.25) is 15.9 Å². The number of nitrogens with zero attached hydrogens (tertiary/aromatic N) is 2. The number of primary sulfonamides is 1. The Hall–Kier alpha value is -2.36. The van der Waals surface area contributed by atoms with Crippen LogP contribution in [0.3, 0.4) is 0 Å². The first kappa shape index (κ1) is 19.0. The lowest BCUT2D eigenvalue weighted by Gasteiger charge is -2.05. The SMILES string of the molecule is C/C=C\C(=C/c1sc(NC(C)=O)nc1C)c1cncc(S(N)(=O)=O)c1. The summed E-state index contributed by atoms with van der Waals surface area (Å²) in [6, 6.07) is 1.47. The second-order valence-electron chi connectivity index (χ2n) is 5.20. The number of carbonyl (C=O) groups excluding carboxylic acids is 1. The fourth-order valence-electron chi connectivity index (χ4n) is 2.03. The molecule has 3 N–H and O–H groups in total. The van der Waals surface area contributed by atoms with Crippen LogP contribution in [0.25, 0.3) is 11.6 Å². The number of carbonyl (C=O) groups is 1. The van der Waals surface area contributed by atoms with E-state index in [-0.39, 0.29) is 10.8 Å². The number of allylic oxidation sites excluding steroid dienone is 3. The van der Waals surface area contributed by atoms with Crippen LogP contribution in [0.4, 0.5) is 5.13 Å². The van der Waals surface area contributed by atoms with Crippen LogP contribution in [0, 0.1) is 6.92 Å². The lowest BCUT2D eigenvalue weighted by atomic mass is 10.1. The molecule has 0 fully saturated rings. The van der Waals surface area contributed by atoms with E-state index in [9.17, 15) is 13.2 Å².